The maximum atomic E-state index is 11.3. The van der Waals surface area contributed by atoms with Crippen molar-refractivity contribution in [1.29, 1.82) is 0 Å². The summed E-state index contributed by atoms with van der Waals surface area (Å²) in [6.07, 6.45) is 0.884. The Morgan fingerprint density at radius 2 is 1.37 bits per heavy atom. The summed E-state index contributed by atoms with van der Waals surface area (Å²) in [4.78, 5) is 42.5. The summed E-state index contributed by atoms with van der Waals surface area (Å²) in [7, 11) is 0. The normalized spacial score (nSPS) is 12.5. The second-order valence-corrected chi connectivity index (χ2v) is 6.98. The number of amides is 2. The molecule has 0 fully saturated rings. The molecule has 0 saturated carbocycles. The van der Waals surface area contributed by atoms with Crippen molar-refractivity contribution >= 4 is 69.0 Å². The van der Waals surface area contributed by atoms with E-state index in [0.717, 1.165) is 22.5 Å². The van der Waals surface area contributed by atoms with E-state index in [9.17, 15) is 19.2 Å². The van der Waals surface area contributed by atoms with Gasteiger partial charge < -0.3 is 10.6 Å². The molecule has 0 aromatic heterocycles. The van der Waals surface area contributed by atoms with Gasteiger partial charge in [-0.1, -0.05) is 25.6 Å². The molecule has 30 heavy (non-hydrogen) atoms. The van der Waals surface area contributed by atoms with Gasteiger partial charge in [0, 0.05) is 16.9 Å². The molecular weight excluding hydrogens is 451 g/mol. The number of alkyl halides is 2. The van der Waals surface area contributed by atoms with Crippen LogP contribution in [0.15, 0.2) is 42.5 Å². The van der Waals surface area contributed by atoms with E-state index >= 15 is 0 Å². The van der Waals surface area contributed by atoms with Gasteiger partial charge in [0.2, 0.25) is 17.1 Å². The van der Waals surface area contributed by atoms with Crippen LogP contribution in [-0.2, 0) is 27.2 Å². The molecule has 2 aromatic rings. The Morgan fingerprint density at radius 3 is 1.90 bits per heavy atom. The maximum Gasteiger partial charge on any atom is 0.236 e. The molecule has 0 bridgehead atoms. The second-order valence-electron chi connectivity index (χ2n) is 6.02. The van der Waals surface area contributed by atoms with Crippen molar-refractivity contribution in [3.8, 4) is 0 Å². The molecular formula is C21H21Cl3N2O4. The number of hydrogen-bond donors (Lipinski definition) is 2. The second kappa shape index (κ2) is 12.3. The Bertz CT molecular complexity index is 921. The van der Waals surface area contributed by atoms with Crippen molar-refractivity contribution in [3.05, 3.63) is 59.2 Å². The topological polar surface area (TPSA) is 92.3 Å². The number of anilines is 2. The Kier molecular flexibility index (Phi) is 10.5. The number of Topliss-reactive ketones (excluding diaryl/α,β-unsaturated/α-hetero) is 1. The van der Waals surface area contributed by atoms with Crippen LogP contribution in [0.2, 0.25) is 0 Å². The van der Waals surface area contributed by atoms with Gasteiger partial charge in [-0.15, -0.1) is 23.2 Å². The van der Waals surface area contributed by atoms with Crippen molar-refractivity contribution in [2.45, 2.75) is 20.3 Å². The summed E-state index contributed by atoms with van der Waals surface area (Å²) >= 11 is 15.0. The van der Waals surface area contributed by atoms with Crippen LogP contribution < -0.4 is 10.6 Å². The Hall–Kier alpha value is -2.41. The van der Waals surface area contributed by atoms with Crippen LogP contribution in [0.4, 0.5) is 11.4 Å². The number of para-hydroxylation sites is 1. The smallest absolute Gasteiger partial charge is 0.236 e. The molecule has 2 N–H and O–H groups in total. The van der Waals surface area contributed by atoms with E-state index in [0.29, 0.717) is 18.4 Å². The van der Waals surface area contributed by atoms with Crippen LogP contribution in [0, 0.1) is 0 Å². The molecule has 2 aromatic carbocycles. The highest BCUT2D eigenvalue weighted by atomic mass is 35.5. The van der Waals surface area contributed by atoms with Crippen LogP contribution in [-0.4, -0.2) is 34.6 Å². The van der Waals surface area contributed by atoms with E-state index in [-0.39, 0.29) is 36.8 Å². The minimum absolute atomic E-state index is 0. The summed E-state index contributed by atoms with van der Waals surface area (Å²) in [6.45, 7) is 0. The third-order valence-corrected chi connectivity index (χ3v) is 4.68. The first-order chi connectivity index (χ1) is 13.8. The Morgan fingerprint density at radius 1 is 0.833 bits per heavy atom. The molecule has 6 nitrogen and oxygen atoms in total. The zero-order valence-electron chi connectivity index (χ0n) is 15.1. The van der Waals surface area contributed by atoms with Gasteiger partial charge in [0.25, 0.3) is 0 Å². The van der Waals surface area contributed by atoms with Gasteiger partial charge in [-0.3, -0.25) is 19.2 Å². The lowest BCUT2D eigenvalue weighted by atomic mass is 10.1. The molecule has 160 valence electrons. The van der Waals surface area contributed by atoms with Gasteiger partial charge in [-0.25, -0.2) is 0 Å². The third kappa shape index (κ3) is 7.44. The zero-order chi connectivity index (χ0) is 21.4. The molecule has 0 spiro atoms. The first-order valence-corrected chi connectivity index (χ1v) is 9.92. The van der Waals surface area contributed by atoms with Crippen LogP contribution in [0.5, 0.6) is 0 Å². The summed E-state index contributed by atoms with van der Waals surface area (Å²) in [5, 5.41) is 4.95. The van der Waals surface area contributed by atoms with Crippen molar-refractivity contribution in [2.75, 3.05) is 22.4 Å². The van der Waals surface area contributed by atoms with Gasteiger partial charge >= 0.3 is 0 Å². The maximum absolute atomic E-state index is 11.3. The summed E-state index contributed by atoms with van der Waals surface area (Å²) in [6, 6.07) is 12.9. The molecule has 2 amide bonds. The molecule has 2 aliphatic heterocycles. The molecule has 9 heteroatoms. The van der Waals surface area contributed by atoms with Crippen molar-refractivity contribution in [1.82, 2.24) is 0 Å². The van der Waals surface area contributed by atoms with Gasteiger partial charge in [-0.2, -0.15) is 0 Å². The van der Waals surface area contributed by atoms with E-state index < -0.39 is 5.24 Å². The number of nitrogens with one attached hydrogen (secondary N) is 2. The van der Waals surface area contributed by atoms with Crippen molar-refractivity contribution < 1.29 is 19.2 Å². The molecule has 0 aliphatic carbocycles. The highest BCUT2D eigenvalue weighted by Crippen LogP contribution is 2.24. The van der Waals surface area contributed by atoms with E-state index in [1.54, 1.807) is 18.2 Å². The molecule has 0 atom stereocenters. The summed E-state index contributed by atoms with van der Waals surface area (Å²) < 4.78 is 0. The average Bonchev–Trinajstić information content (AvgIpc) is 3.27. The Balaban J connectivity index is 0.000000247. The van der Waals surface area contributed by atoms with Gasteiger partial charge in [0.15, 0.2) is 5.78 Å². The summed E-state index contributed by atoms with van der Waals surface area (Å²) in [5.74, 6) is -0.174. The number of rotatable bonds is 3. The van der Waals surface area contributed by atoms with E-state index in [4.69, 9.17) is 34.8 Å². The number of carbonyl (C=O) groups excluding carboxylic acids is 4. The molecule has 2 aliphatic rings. The molecule has 4 rings (SSSR count). The zero-order valence-corrected chi connectivity index (χ0v) is 17.4. The molecule has 0 saturated heterocycles. The fourth-order valence-electron chi connectivity index (χ4n) is 2.64. The quantitative estimate of drug-likeness (QED) is 0.394. The highest BCUT2D eigenvalue weighted by molar-refractivity contribution is 6.67. The third-order valence-electron chi connectivity index (χ3n) is 3.92. The van der Waals surface area contributed by atoms with E-state index in [2.05, 4.69) is 10.6 Å². The average molecular weight is 472 g/mol. The monoisotopic (exact) mass is 470 g/mol. The van der Waals surface area contributed by atoms with Gasteiger partial charge in [0.1, 0.15) is 0 Å². The van der Waals surface area contributed by atoms with E-state index in [1.807, 2.05) is 24.3 Å². The van der Waals surface area contributed by atoms with Gasteiger partial charge in [0.05, 0.1) is 24.6 Å². The first-order valence-electron chi connectivity index (χ1n) is 8.48. The lowest BCUT2D eigenvalue weighted by Gasteiger charge is -2.00. The fraction of sp³-hybridized carbons (Fsp3) is 0.238. The van der Waals surface area contributed by atoms with E-state index in [1.165, 1.54) is 0 Å². The number of carbonyl (C=O) groups is 4. The number of ketones is 1. The predicted octanol–water partition coefficient (Wildman–Crippen LogP) is 4.41. The number of benzene rings is 2. The van der Waals surface area contributed by atoms with Crippen molar-refractivity contribution in [2.24, 2.45) is 0 Å². The minimum Gasteiger partial charge on any atom is -0.326 e. The number of halogens is 3. The molecule has 0 radical (unpaired) electrons. The molecule has 2 heterocycles. The SMILES string of the molecule is C.O=C(Cl)CCl.O=C1Cc2cc(C(=O)CCl)ccc2N1.O=C1Cc2ccccc2N1. The number of hydrogen-bond acceptors (Lipinski definition) is 4. The predicted molar refractivity (Wildman–Crippen MR) is 121 cm³/mol. The van der Waals surface area contributed by atoms with Crippen molar-refractivity contribution in [3.63, 3.8) is 0 Å². The standard InChI is InChI=1S/C10H8ClNO2.C8H7NO.C2H2Cl2O.CH4/c11-5-9(13)6-1-2-8-7(3-6)4-10(14)12-8;10-8-5-6-3-1-2-4-7(6)9-8;3-1-2(4)5;/h1-3H,4-5H2,(H,12,14);1-4H,5H2,(H,9,10);1H2;1H4. The van der Waals surface area contributed by atoms with Crippen LogP contribution in [0.3, 0.4) is 0 Å². The lowest BCUT2D eigenvalue weighted by molar-refractivity contribution is -0.115. The minimum atomic E-state index is -0.508. The highest BCUT2D eigenvalue weighted by Gasteiger charge is 2.18. The first kappa shape index (κ1) is 25.6. The largest absolute Gasteiger partial charge is 0.326 e. The van der Waals surface area contributed by atoms with Crippen LogP contribution >= 0.6 is 34.8 Å². The van der Waals surface area contributed by atoms with Gasteiger partial charge in [-0.05, 0) is 47.0 Å². The lowest BCUT2D eigenvalue weighted by Crippen LogP contribution is -2.03. The fourth-order valence-corrected chi connectivity index (χ4v) is 2.80. The van der Waals surface area contributed by atoms with Crippen LogP contribution in [0.1, 0.15) is 28.9 Å². The number of fused-ring (bicyclic) bond motifs is 2. The Labute approximate surface area is 189 Å². The van der Waals surface area contributed by atoms with Crippen LogP contribution in [0.25, 0.3) is 0 Å². The molecule has 0 unspecified atom stereocenters. The summed E-state index contributed by atoms with van der Waals surface area (Å²) in [5.41, 5.74) is 4.29.